The van der Waals surface area contributed by atoms with Crippen LogP contribution in [-0.2, 0) is 5.41 Å². The van der Waals surface area contributed by atoms with Gasteiger partial charge in [-0.05, 0) is 30.3 Å². The monoisotopic (exact) mass is 347 g/mol. The SMILES string of the molecule is CC(C)(C)c1cnn2c(-c3ccc(F)c(-c4ccccn4)c3)cnc2n1. The van der Waals surface area contributed by atoms with E-state index in [0.29, 0.717) is 17.0 Å². The van der Waals surface area contributed by atoms with Crippen molar-refractivity contribution in [2.45, 2.75) is 26.2 Å². The van der Waals surface area contributed by atoms with E-state index >= 15 is 0 Å². The molecular formula is C20H18FN5. The second-order valence-corrected chi connectivity index (χ2v) is 7.16. The molecule has 3 heterocycles. The number of imidazole rings is 1. The zero-order chi connectivity index (χ0) is 18.3. The van der Waals surface area contributed by atoms with Crippen LogP contribution in [-0.4, -0.2) is 24.6 Å². The first-order valence-corrected chi connectivity index (χ1v) is 8.36. The third-order valence-corrected chi connectivity index (χ3v) is 4.21. The Morgan fingerprint density at radius 3 is 2.58 bits per heavy atom. The summed E-state index contributed by atoms with van der Waals surface area (Å²) in [5.41, 5.74) is 3.35. The van der Waals surface area contributed by atoms with E-state index in [9.17, 15) is 4.39 Å². The van der Waals surface area contributed by atoms with Crippen molar-refractivity contribution in [2.24, 2.45) is 0 Å². The number of benzene rings is 1. The van der Waals surface area contributed by atoms with Crippen molar-refractivity contribution in [3.63, 3.8) is 0 Å². The van der Waals surface area contributed by atoms with Crippen LogP contribution in [0.2, 0.25) is 0 Å². The molecule has 0 saturated carbocycles. The van der Waals surface area contributed by atoms with E-state index in [1.807, 2.05) is 6.07 Å². The van der Waals surface area contributed by atoms with Crippen molar-refractivity contribution in [2.75, 3.05) is 0 Å². The summed E-state index contributed by atoms with van der Waals surface area (Å²) in [5.74, 6) is 0.207. The van der Waals surface area contributed by atoms with E-state index in [2.05, 4.69) is 40.8 Å². The summed E-state index contributed by atoms with van der Waals surface area (Å²) in [6.07, 6.45) is 5.10. The molecule has 4 aromatic rings. The number of rotatable bonds is 2. The summed E-state index contributed by atoms with van der Waals surface area (Å²) in [5, 5.41) is 4.49. The number of fused-ring (bicyclic) bond motifs is 1. The van der Waals surface area contributed by atoms with Crippen LogP contribution in [0.4, 0.5) is 4.39 Å². The molecule has 0 aliphatic rings. The molecule has 0 amide bonds. The maximum absolute atomic E-state index is 14.3. The fourth-order valence-corrected chi connectivity index (χ4v) is 2.74. The standard InChI is InChI=1S/C20H18FN5/c1-20(2,3)18-12-24-26-17(11-23-19(26)25-18)13-7-8-15(21)14(10-13)16-6-4-5-9-22-16/h4-12H,1-3H3. The van der Waals surface area contributed by atoms with Gasteiger partial charge >= 0.3 is 0 Å². The highest BCUT2D eigenvalue weighted by Crippen LogP contribution is 2.28. The van der Waals surface area contributed by atoms with Crippen LogP contribution in [0, 0.1) is 5.82 Å². The largest absolute Gasteiger partial charge is 0.256 e. The van der Waals surface area contributed by atoms with Gasteiger partial charge in [-0.3, -0.25) is 4.98 Å². The van der Waals surface area contributed by atoms with Gasteiger partial charge < -0.3 is 0 Å². The molecule has 0 N–H and O–H groups in total. The van der Waals surface area contributed by atoms with E-state index in [1.165, 1.54) is 6.07 Å². The number of pyridine rings is 1. The summed E-state index contributed by atoms with van der Waals surface area (Å²) in [6, 6.07) is 10.3. The molecule has 0 radical (unpaired) electrons. The third-order valence-electron chi connectivity index (χ3n) is 4.21. The highest BCUT2D eigenvalue weighted by molar-refractivity contribution is 5.70. The molecule has 26 heavy (non-hydrogen) atoms. The lowest BCUT2D eigenvalue weighted by Crippen LogP contribution is -2.15. The normalized spacial score (nSPS) is 11.8. The van der Waals surface area contributed by atoms with Crippen LogP contribution in [0.5, 0.6) is 0 Å². The zero-order valence-corrected chi connectivity index (χ0v) is 14.8. The van der Waals surface area contributed by atoms with Crippen LogP contribution in [0.15, 0.2) is 55.0 Å². The van der Waals surface area contributed by atoms with Crippen molar-refractivity contribution in [3.05, 3.63) is 66.5 Å². The van der Waals surface area contributed by atoms with Crippen molar-refractivity contribution in [1.82, 2.24) is 24.6 Å². The van der Waals surface area contributed by atoms with Crippen molar-refractivity contribution in [1.29, 1.82) is 0 Å². The number of halogens is 1. The van der Waals surface area contributed by atoms with Gasteiger partial charge in [0, 0.05) is 22.7 Å². The van der Waals surface area contributed by atoms with E-state index in [4.69, 9.17) is 0 Å². The molecule has 3 aromatic heterocycles. The second-order valence-electron chi connectivity index (χ2n) is 7.16. The highest BCUT2D eigenvalue weighted by atomic mass is 19.1. The van der Waals surface area contributed by atoms with Gasteiger partial charge in [-0.2, -0.15) is 9.61 Å². The fraction of sp³-hybridized carbons (Fsp3) is 0.200. The molecule has 0 aliphatic carbocycles. The molecule has 0 spiro atoms. The van der Waals surface area contributed by atoms with Gasteiger partial charge in [0.25, 0.3) is 5.78 Å². The smallest absolute Gasteiger partial charge is 0.251 e. The molecule has 6 heteroatoms. The van der Waals surface area contributed by atoms with Crippen LogP contribution < -0.4 is 0 Å². The van der Waals surface area contributed by atoms with Crippen LogP contribution in [0.25, 0.3) is 28.3 Å². The molecule has 0 fully saturated rings. The van der Waals surface area contributed by atoms with Gasteiger partial charge in [0.15, 0.2) is 0 Å². The topological polar surface area (TPSA) is 56.0 Å². The van der Waals surface area contributed by atoms with Crippen LogP contribution in [0.1, 0.15) is 26.5 Å². The van der Waals surface area contributed by atoms with Crippen LogP contribution in [0.3, 0.4) is 0 Å². The third kappa shape index (κ3) is 2.83. The van der Waals surface area contributed by atoms with E-state index in [1.54, 1.807) is 47.4 Å². The molecule has 5 nitrogen and oxygen atoms in total. The van der Waals surface area contributed by atoms with Crippen molar-refractivity contribution < 1.29 is 4.39 Å². The molecular weight excluding hydrogens is 329 g/mol. The maximum atomic E-state index is 14.3. The Labute approximate surface area is 150 Å². The molecule has 4 rings (SSSR count). The van der Waals surface area contributed by atoms with Crippen molar-refractivity contribution >= 4 is 5.78 Å². The Morgan fingerprint density at radius 2 is 1.85 bits per heavy atom. The first-order chi connectivity index (χ1) is 12.4. The minimum Gasteiger partial charge on any atom is -0.256 e. The molecule has 0 bridgehead atoms. The first-order valence-electron chi connectivity index (χ1n) is 8.36. The minimum atomic E-state index is -0.317. The number of hydrogen-bond donors (Lipinski definition) is 0. The first kappa shape index (κ1) is 16.3. The van der Waals surface area contributed by atoms with Gasteiger partial charge in [0.05, 0.1) is 29.5 Å². The average Bonchev–Trinajstić information content (AvgIpc) is 3.05. The predicted molar refractivity (Wildman–Crippen MR) is 98.1 cm³/mol. The highest BCUT2D eigenvalue weighted by Gasteiger charge is 2.18. The molecule has 0 unspecified atom stereocenters. The Balaban J connectivity index is 1.84. The fourth-order valence-electron chi connectivity index (χ4n) is 2.74. The van der Waals surface area contributed by atoms with E-state index < -0.39 is 0 Å². The summed E-state index contributed by atoms with van der Waals surface area (Å²) >= 11 is 0. The van der Waals surface area contributed by atoms with Crippen molar-refractivity contribution in [3.8, 4) is 22.5 Å². The number of nitrogens with zero attached hydrogens (tertiary/aromatic N) is 5. The number of hydrogen-bond acceptors (Lipinski definition) is 4. The molecule has 0 atom stereocenters. The summed E-state index contributed by atoms with van der Waals surface area (Å²) in [6.45, 7) is 6.24. The summed E-state index contributed by atoms with van der Waals surface area (Å²) < 4.78 is 16.0. The lowest BCUT2D eigenvalue weighted by Gasteiger charge is -2.16. The quantitative estimate of drug-likeness (QED) is 0.543. The summed E-state index contributed by atoms with van der Waals surface area (Å²) in [4.78, 5) is 13.2. The Kier molecular flexibility index (Phi) is 3.76. The minimum absolute atomic E-state index is 0.108. The van der Waals surface area contributed by atoms with Gasteiger partial charge in [0.2, 0.25) is 0 Å². The zero-order valence-electron chi connectivity index (χ0n) is 14.8. The number of aromatic nitrogens is 5. The average molecular weight is 347 g/mol. The predicted octanol–water partition coefficient (Wildman–Crippen LogP) is 4.29. The van der Waals surface area contributed by atoms with Crippen LogP contribution >= 0.6 is 0 Å². The lowest BCUT2D eigenvalue weighted by atomic mass is 9.93. The van der Waals surface area contributed by atoms with Gasteiger partial charge in [0.1, 0.15) is 5.82 Å². The van der Waals surface area contributed by atoms with Gasteiger partial charge in [-0.25, -0.2) is 14.4 Å². The lowest BCUT2D eigenvalue weighted by molar-refractivity contribution is 0.562. The van der Waals surface area contributed by atoms with Gasteiger partial charge in [-0.15, -0.1) is 0 Å². The molecule has 130 valence electrons. The molecule has 1 aromatic carbocycles. The van der Waals surface area contributed by atoms with E-state index in [0.717, 1.165) is 17.0 Å². The Hall–Kier alpha value is -3.15. The second kappa shape index (κ2) is 5.98. The molecule has 0 aliphatic heterocycles. The molecule has 0 saturated heterocycles. The maximum Gasteiger partial charge on any atom is 0.251 e. The van der Waals surface area contributed by atoms with E-state index in [-0.39, 0.29) is 11.2 Å². The Morgan fingerprint density at radius 1 is 1.00 bits per heavy atom. The Bertz CT molecular complexity index is 1080. The van der Waals surface area contributed by atoms with Gasteiger partial charge in [-0.1, -0.05) is 26.8 Å². The summed E-state index contributed by atoms with van der Waals surface area (Å²) in [7, 11) is 0.